The lowest BCUT2D eigenvalue weighted by Gasteiger charge is -2.38. The number of ether oxygens (including phenoxy) is 2. The molecule has 0 radical (unpaired) electrons. The van der Waals surface area contributed by atoms with Crippen molar-refractivity contribution in [1.29, 1.82) is 0 Å². The maximum Gasteiger partial charge on any atom is 0.264 e. The van der Waals surface area contributed by atoms with E-state index in [9.17, 15) is 9.59 Å². The molecule has 4 aliphatic heterocycles. The predicted molar refractivity (Wildman–Crippen MR) is 97.0 cm³/mol. The highest BCUT2D eigenvalue weighted by molar-refractivity contribution is 6.40. The van der Waals surface area contributed by atoms with E-state index in [0.717, 1.165) is 5.56 Å². The Kier molecular flexibility index (Phi) is 3.52. The Hall–Kier alpha value is -2.25. The number of hydrogen-bond acceptors (Lipinski definition) is 6. The second-order valence-corrected chi connectivity index (χ2v) is 7.81. The van der Waals surface area contributed by atoms with Crippen molar-refractivity contribution in [2.45, 2.75) is 37.3 Å². The molecule has 2 saturated heterocycles. The number of nitrogens with zero attached hydrogens (tertiary/aromatic N) is 2. The van der Waals surface area contributed by atoms with E-state index in [1.165, 1.54) is 12.2 Å². The normalized spacial score (nSPS) is 36.0. The van der Waals surface area contributed by atoms with Crippen molar-refractivity contribution in [1.82, 2.24) is 0 Å². The molecule has 142 valence electrons. The van der Waals surface area contributed by atoms with Crippen molar-refractivity contribution < 1.29 is 23.9 Å². The number of aliphatic imine (C=N–C) groups is 1. The van der Waals surface area contributed by atoms with Gasteiger partial charge in [0, 0.05) is 24.8 Å². The summed E-state index contributed by atoms with van der Waals surface area (Å²) in [6.07, 6.45) is 0.871. The van der Waals surface area contributed by atoms with Gasteiger partial charge in [0.2, 0.25) is 0 Å². The molecule has 1 saturated carbocycles. The van der Waals surface area contributed by atoms with Gasteiger partial charge in [-0.15, -0.1) is 0 Å². The molecule has 1 aliphatic carbocycles. The fourth-order valence-corrected chi connectivity index (χ4v) is 5.51. The van der Waals surface area contributed by atoms with Gasteiger partial charge in [-0.05, 0) is 24.5 Å². The van der Waals surface area contributed by atoms with Gasteiger partial charge in [0.1, 0.15) is 11.2 Å². The fourth-order valence-electron chi connectivity index (χ4n) is 5.51. The lowest BCUT2D eigenvalue weighted by atomic mass is 9.71. The number of benzene rings is 1. The molecular formula is C20H22N2O5. The third-order valence-corrected chi connectivity index (χ3v) is 6.72. The van der Waals surface area contributed by atoms with E-state index in [0.29, 0.717) is 36.6 Å². The Morgan fingerprint density at radius 2 is 2.19 bits per heavy atom. The van der Waals surface area contributed by atoms with Gasteiger partial charge < -0.3 is 9.47 Å². The summed E-state index contributed by atoms with van der Waals surface area (Å²) in [5.41, 5.74) is 1.44. The maximum atomic E-state index is 13.6. The van der Waals surface area contributed by atoms with Gasteiger partial charge in [0.15, 0.2) is 5.78 Å². The quantitative estimate of drug-likeness (QED) is 0.809. The number of carbonyl (C=O) groups excluding carboxylic acids is 2. The minimum absolute atomic E-state index is 0.0329. The van der Waals surface area contributed by atoms with E-state index in [4.69, 9.17) is 19.3 Å². The Morgan fingerprint density at radius 3 is 2.89 bits per heavy atom. The van der Waals surface area contributed by atoms with Crippen LogP contribution in [-0.2, 0) is 24.6 Å². The second kappa shape index (κ2) is 5.62. The second-order valence-electron chi connectivity index (χ2n) is 7.81. The predicted octanol–water partition coefficient (Wildman–Crippen LogP) is 1.68. The highest BCUT2D eigenvalue weighted by Gasteiger charge is 2.64. The lowest BCUT2D eigenvalue weighted by Crippen LogP contribution is -2.51. The monoisotopic (exact) mass is 370 g/mol. The molecule has 1 aromatic carbocycles. The standard InChI is InChI=1S/C20H22N2O5/c1-10(23)18-12-7-17-20(8-15(21-18)13(12)9-27-17)14-5-4-11(25-2)6-16(14)22(26-3)19(20)24/h4-6,12-13,15,17H,7-9H2,1-3H3/t12-,13+,15-,17-,20+/m1/s1. The van der Waals surface area contributed by atoms with Gasteiger partial charge in [-0.3, -0.25) is 19.4 Å². The summed E-state index contributed by atoms with van der Waals surface area (Å²) < 4.78 is 11.5. The number of methoxy groups -OCH3 is 1. The zero-order chi connectivity index (χ0) is 18.9. The van der Waals surface area contributed by atoms with Crippen LogP contribution < -0.4 is 9.80 Å². The van der Waals surface area contributed by atoms with Crippen LogP contribution in [-0.4, -0.2) is 50.4 Å². The van der Waals surface area contributed by atoms with Crippen LogP contribution in [0.1, 0.15) is 25.3 Å². The van der Waals surface area contributed by atoms with Crippen LogP contribution >= 0.6 is 0 Å². The molecule has 5 aliphatic rings. The van der Waals surface area contributed by atoms with Crippen molar-refractivity contribution in [2.24, 2.45) is 16.8 Å². The van der Waals surface area contributed by atoms with Crippen LogP contribution in [0.25, 0.3) is 0 Å². The Balaban J connectivity index is 1.68. The van der Waals surface area contributed by atoms with E-state index >= 15 is 0 Å². The zero-order valence-electron chi connectivity index (χ0n) is 15.6. The summed E-state index contributed by atoms with van der Waals surface area (Å²) in [4.78, 5) is 35.8. The first kappa shape index (κ1) is 16.9. The summed E-state index contributed by atoms with van der Waals surface area (Å²) in [6, 6.07) is 5.55. The van der Waals surface area contributed by atoms with Crippen molar-refractivity contribution in [3.05, 3.63) is 23.8 Å². The number of rotatable bonds is 3. The fraction of sp³-hybridized carbons (Fsp3) is 0.550. The molecule has 3 fully saturated rings. The van der Waals surface area contributed by atoms with Gasteiger partial charge in [-0.25, -0.2) is 0 Å². The molecule has 4 heterocycles. The van der Waals surface area contributed by atoms with Crippen molar-refractivity contribution >= 4 is 23.1 Å². The van der Waals surface area contributed by atoms with Gasteiger partial charge in [-0.2, -0.15) is 5.06 Å². The number of fused-ring (bicyclic) bond motifs is 2. The minimum atomic E-state index is -0.836. The molecule has 1 aromatic rings. The molecule has 4 bridgehead atoms. The third-order valence-electron chi connectivity index (χ3n) is 6.72. The first-order valence-electron chi connectivity index (χ1n) is 9.28. The van der Waals surface area contributed by atoms with Crippen LogP contribution in [0.4, 0.5) is 5.69 Å². The molecule has 6 rings (SSSR count). The lowest BCUT2D eigenvalue weighted by molar-refractivity contribution is -0.137. The molecule has 7 heteroatoms. The minimum Gasteiger partial charge on any atom is -0.497 e. The summed E-state index contributed by atoms with van der Waals surface area (Å²) in [5, 5.41) is 1.35. The van der Waals surface area contributed by atoms with Gasteiger partial charge in [0.05, 0.1) is 44.4 Å². The molecule has 7 nitrogen and oxygen atoms in total. The van der Waals surface area contributed by atoms with E-state index in [1.807, 2.05) is 18.2 Å². The Bertz CT molecular complexity index is 881. The highest BCUT2D eigenvalue weighted by atomic mass is 16.7. The number of hydrogen-bond donors (Lipinski definition) is 0. The highest BCUT2D eigenvalue weighted by Crippen LogP contribution is 2.57. The molecule has 1 spiro atoms. The van der Waals surface area contributed by atoms with Crippen LogP contribution in [0.15, 0.2) is 23.2 Å². The Labute approximate surface area is 157 Å². The molecule has 0 aromatic heterocycles. The van der Waals surface area contributed by atoms with E-state index < -0.39 is 5.41 Å². The number of ketones is 1. The average Bonchev–Trinajstić information content (AvgIpc) is 3.03. The summed E-state index contributed by atoms with van der Waals surface area (Å²) in [6.45, 7) is 2.11. The van der Waals surface area contributed by atoms with Crippen molar-refractivity contribution in [2.75, 3.05) is 25.9 Å². The molecule has 0 unspecified atom stereocenters. The van der Waals surface area contributed by atoms with Crippen molar-refractivity contribution in [3.8, 4) is 5.75 Å². The Morgan fingerprint density at radius 1 is 1.37 bits per heavy atom. The smallest absolute Gasteiger partial charge is 0.264 e. The number of hydroxylamine groups is 1. The third kappa shape index (κ3) is 2.01. The zero-order valence-corrected chi connectivity index (χ0v) is 15.6. The van der Waals surface area contributed by atoms with Crippen LogP contribution in [0.3, 0.4) is 0 Å². The van der Waals surface area contributed by atoms with Crippen molar-refractivity contribution in [3.63, 3.8) is 0 Å². The van der Waals surface area contributed by atoms with Crippen LogP contribution in [0.2, 0.25) is 0 Å². The summed E-state index contributed by atoms with van der Waals surface area (Å²) in [7, 11) is 3.09. The average molecular weight is 370 g/mol. The molecule has 5 atom stereocenters. The molecule has 27 heavy (non-hydrogen) atoms. The largest absolute Gasteiger partial charge is 0.497 e. The first-order chi connectivity index (χ1) is 13.0. The summed E-state index contributed by atoms with van der Waals surface area (Å²) in [5.74, 6) is 0.830. The number of Topliss-reactive ketones (excluding diaryl/α,β-unsaturated/α-hetero) is 1. The number of amides is 1. The topological polar surface area (TPSA) is 77.4 Å². The van der Waals surface area contributed by atoms with Crippen LogP contribution in [0.5, 0.6) is 5.75 Å². The molecular weight excluding hydrogens is 348 g/mol. The first-order valence-corrected chi connectivity index (χ1v) is 9.28. The number of anilines is 1. The van der Waals surface area contributed by atoms with Gasteiger partial charge in [-0.1, -0.05) is 6.07 Å². The summed E-state index contributed by atoms with van der Waals surface area (Å²) >= 11 is 0. The SMILES string of the molecule is COc1ccc2c(c1)N(OC)C(=O)[C@@]21C[C@H]2N=C(C(C)=O)[C@@H]3C[C@H]1OC[C@H]23. The molecule has 1 amide bonds. The number of carbonyl (C=O) groups is 2. The van der Waals surface area contributed by atoms with E-state index in [-0.39, 0.29) is 35.7 Å². The van der Waals surface area contributed by atoms with E-state index in [1.54, 1.807) is 14.0 Å². The molecule has 0 N–H and O–H groups in total. The van der Waals surface area contributed by atoms with Gasteiger partial charge in [0.25, 0.3) is 5.91 Å². The van der Waals surface area contributed by atoms with Gasteiger partial charge >= 0.3 is 0 Å². The maximum absolute atomic E-state index is 13.6. The van der Waals surface area contributed by atoms with E-state index in [2.05, 4.69) is 0 Å². The van der Waals surface area contributed by atoms with Crippen LogP contribution in [0, 0.1) is 11.8 Å².